The molecule has 1 saturated heterocycles. The van der Waals surface area contributed by atoms with E-state index in [0.29, 0.717) is 56.6 Å². The van der Waals surface area contributed by atoms with Gasteiger partial charge < -0.3 is 9.80 Å². The summed E-state index contributed by atoms with van der Waals surface area (Å²) >= 11 is 0. The van der Waals surface area contributed by atoms with Crippen molar-refractivity contribution in [1.82, 2.24) is 9.80 Å². The zero-order chi connectivity index (χ0) is 32.6. The molecule has 0 N–H and O–H groups in total. The normalized spacial score (nSPS) is 21.6. The second kappa shape index (κ2) is 12.5. The van der Waals surface area contributed by atoms with E-state index in [0.717, 1.165) is 5.56 Å². The highest BCUT2D eigenvalue weighted by Crippen LogP contribution is 2.44. The van der Waals surface area contributed by atoms with Crippen LogP contribution in [-0.2, 0) is 33.9 Å². The quantitative estimate of drug-likeness (QED) is 0.273. The molecule has 1 heterocycles. The SMILES string of the molecule is CN(C(=O)Cc1cc(C(F)(F)F)cc(C(F)(F)F)c1)C1(c2ccccc2)CCC(N2CCN(c3ccc(F)cc3)C(=O)C2)CC1. The molecule has 0 aromatic heterocycles. The lowest BCUT2D eigenvalue weighted by atomic mass is 9.73. The fraction of sp³-hybridized carbons (Fsp3) is 0.394. The van der Waals surface area contributed by atoms with Crippen molar-refractivity contribution in [3.8, 4) is 0 Å². The number of likely N-dealkylation sites (N-methyl/N-ethyl adjacent to an activating group) is 1. The molecule has 5 rings (SSSR count). The van der Waals surface area contributed by atoms with E-state index in [1.807, 2.05) is 30.3 Å². The van der Waals surface area contributed by atoms with Crippen LogP contribution in [0.4, 0.5) is 36.4 Å². The van der Waals surface area contributed by atoms with Gasteiger partial charge >= 0.3 is 12.4 Å². The molecule has 3 aromatic rings. The number of hydrogen-bond acceptors (Lipinski definition) is 3. The van der Waals surface area contributed by atoms with Gasteiger partial charge in [0.1, 0.15) is 5.82 Å². The third kappa shape index (κ3) is 7.00. The Morgan fingerprint density at radius 1 is 0.867 bits per heavy atom. The third-order valence-corrected chi connectivity index (χ3v) is 9.02. The number of benzene rings is 3. The summed E-state index contributed by atoms with van der Waals surface area (Å²) < 4.78 is 94.0. The van der Waals surface area contributed by atoms with Crippen molar-refractivity contribution in [2.75, 3.05) is 31.6 Å². The van der Waals surface area contributed by atoms with Crippen LogP contribution in [0.3, 0.4) is 0 Å². The van der Waals surface area contributed by atoms with Crippen LogP contribution < -0.4 is 4.90 Å². The first kappa shape index (κ1) is 32.5. The molecule has 12 heteroatoms. The van der Waals surface area contributed by atoms with Gasteiger partial charge in [-0.25, -0.2) is 4.39 Å². The Labute approximate surface area is 256 Å². The first-order valence-corrected chi connectivity index (χ1v) is 14.6. The number of alkyl halides is 6. The lowest BCUT2D eigenvalue weighted by Crippen LogP contribution is -2.57. The average molecular weight is 636 g/mol. The summed E-state index contributed by atoms with van der Waals surface area (Å²) in [5.74, 6) is -1.11. The Balaban J connectivity index is 1.33. The highest BCUT2D eigenvalue weighted by Gasteiger charge is 2.44. The Hall–Kier alpha value is -3.93. The molecule has 1 saturated carbocycles. The molecule has 240 valence electrons. The first-order valence-electron chi connectivity index (χ1n) is 14.6. The maximum Gasteiger partial charge on any atom is 0.416 e. The fourth-order valence-electron chi connectivity index (χ4n) is 6.56. The maximum atomic E-state index is 13.6. The number of carbonyl (C=O) groups is 2. The van der Waals surface area contributed by atoms with Crippen LogP contribution in [0.25, 0.3) is 0 Å². The third-order valence-electron chi connectivity index (χ3n) is 9.02. The summed E-state index contributed by atoms with van der Waals surface area (Å²) in [6, 6.07) is 16.2. The number of carbonyl (C=O) groups excluding carboxylic acids is 2. The van der Waals surface area contributed by atoms with E-state index in [2.05, 4.69) is 4.90 Å². The number of piperazine rings is 1. The number of hydrogen-bond donors (Lipinski definition) is 0. The number of nitrogens with zero attached hydrogens (tertiary/aromatic N) is 3. The van der Waals surface area contributed by atoms with Crippen molar-refractivity contribution >= 4 is 17.5 Å². The minimum absolute atomic E-state index is 0.0301. The number of amides is 2. The summed E-state index contributed by atoms with van der Waals surface area (Å²) in [6.07, 6.45) is -8.49. The van der Waals surface area contributed by atoms with E-state index in [-0.39, 0.29) is 30.1 Å². The van der Waals surface area contributed by atoms with Crippen LogP contribution in [-0.4, -0.2) is 54.3 Å². The molecule has 1 aliphatic carbocycles. The second-order valence-electron chi connectivity index (χ2n) is 11.7. The molecule has 0 unspecified atom stereocenters. The molecule has 2 aliphatic rings. The van der Waals surface area contributed by atoms with Crippen molar-refractivity contribution in [2.45, 2.75) is 56.0 Å². The number of anilines is 1. The van der Waals surface area contributed by atoms with Gasteiger partial charge in [0.25, 0.3) is 0 Å². The van der Waals surface area contributed by atoms with Gasteiger partial charge in [0.15, 0.2) is 0 Å². The monoisotopic (exact) mass is 635 g/mol. The Kier molecular flexibility index (Phi) is 8.99. The Bertz CT molecular complexity index is 1480. The molecule has 0 spiro atoms. The molecular weight excluding hydrogens is 603 g/mol. The van der Waals surface area contributed by atoms with Crippen molar-refractivity contribution in [3.05, 3.63) is 101 Å². The highest BCUT2D eigenvalue weighted by atomic mass is 19.4. The Morgan fingerprint density at radius 2 is 1.44 bits per heavy atom. The second-order valence-corrected chi connectivity index (χ2v) is 11.7. The van der Waals surface area contributed by atoms with Crippen LogP contribution >= 0.6 is 0 Å². The lowest BCUT2D eigenvalue weighted by Gasteiger charge is -2.49. The van der Waals surface area contributed by atoms with Crippen LogP contribution in [0.1, 0.15) is 47.9 Å². The maximum absolute atomic E-state index is 13.6. The average Bonchev–Trinajstić information content (AvgIpc) is 3.00. The van der Waals surface area contributed by atoms with Crippen molar-refractivity contribution in [1.29, 1.82) is 0 Å². The van der Waals surface area contributed by atoms with E-state index in [4.69, 9.17) is 0 Å². The van der Waals surface area contributed by atoms with Crippen molar-refractivity contribution in [2.24, 2.45) is 0 Å². The highest BCUT2D eigenvalue weighted by molar-refractivity contribution is 5.95. The van der Waals surface area contributed by atoms with Crippen LogP contribution in [0.15, 0.2) is 72.8 Å². The van der Waals surface area contributed by atoms with E-state index in [1.165, 1.54) is 17.0 Å². The predicted molar refractivity (Wildman–Crippen MR) is 154 cm³/mol. The largest absolute Gasteiger partial charge is 0.416 e. The van der Waals surface area contributed by atoms with Crippen LogP contribution in [0, 0.1) is 5.82 Å². The summed E-state index contributed by atoms with van der Waals surface area (Å²) in [5, 5.41) is 0. The fourth-order valence-corrected chi connectivity index (χ4v) is 6.56. The van der Waals surface area contributed by atoms with Crippen molar-refractivity contribution < 1.29 is 40.3 Å². The minimum atomic E-state index is -5.01. The van der Waals surface area contributed by atoms with E-state index in [1.54, 1.807) is 24.1 Å². The van der Waals surface area contributed by atoms with E-state index in [9.17, 15) is 40.3 Å². The van der Waals surface area contributed by atoms with E-state index < -0.39 is 47.2 Å². The molecule has 0 bridgehead atoms. The molecule has 45 heavy (non-hydrogen) atoms. The molecule has 2 fully saturated rings. The van der Waals surface area contributed by atoms with Gasteiger partial charge in [0.05, 0.1) is 29.6 Å². The topological polar surface area (TPSA) is 43.9 Å². The van der Waals surface area contributed by atoms with Gasteiger partial charge in [-0.1, -0.05) is 30.3 Å². The Morgan fingerprint density at radius 3 is 1.98 bits per heavy atom. The van der Waals surface area contributed by atoms with Crippen molar-refractivity contribution in [3.63, 3.8) is 0 Å². The molecule has 2 amide bonds. The van der Waals surface area contributed by atoms with Gasteiger partial charge in [-0.2, -0.15) is 26.3 Å². The zero-order valence-electron chi connectivity index (χ0n) is 24.5. The molecular formula is C33H32F7N3O2. The predicted octanol–water partition coefficient (Wildman–Crippen LogP) is 7.05. The lowest BCUT2D eigenvalue weighted by molar-refractivity contribution is -0.144. The zero-order valence-corrected chi connectivity index (χ0v) is 24.5. The summed E-state index contributed by atoms with van der Waals surface area (Å²) in [4.78, 5) is 31.8. The molecule has 1 aliphatic heterocycles. The standard InChI is InChI=1S/C33H32F7N3O2/c1-41(29(44)19-22-17-24(32(35,36)37)20-25(18-22)33(38,39)40)31(23-5-3-2-4-6-23)13-11-27(12-14-31)42-15-16-43(30(45)21-42)28-9-7-26(34)8-10-28/h2-10,17-18,20,27H,11-16,19,21H2,1H3. The summed E-state index contributed by atoms with van der Waals surface area (Å²) in [6.45, 7) is 1.20. The van der Waals surface area contributed by atoms with Gasteiger partial charge in [0.2, 0.25) is 11.8 Å². The molecule has 5 nitrogen and oxygen atoms in total. The van der Waals surface area contributed by atoms with Crippen LogP contribution in [0.2, 0.25) is 0 Å². The van der Waals surface area contributed by atoms with Gasteiger partial charge in [-0.05, 0) is 79.3 Å². The number of halogens is 7. The molecule has 0 radical (unpaired) electrons. The molecule has 3 aromatic carbocycles. The minimum Gasteiger partial charge on any atom is -0.336 e. The van der Waals surface area contributed by atoms with Crippen LogP contribution in [0.5, 0.6) is 0 Å². The van der Waals surface area contributed by atoms with Gasteiger partial charge in [-0.15, -0.1) is 0 Å². The summed E-state index contributed by atoms with van der Waals surface area (Å²) in [7, 11) is 1.54. The molecule has 0 atom stereocenters. The summed E-state index contributed by atoms with van der Waals surface area (Å²) in [5.41, 5.74) is -2.70. The van der Waals surface area contributed by atoms with Gasteiger partial charge in [0, 0.05) is 31.9 Å². The smallest absolute Gasteiger partial charge is 0.336 e. The van der Waals surface area contributed by atoms with Gasteiger partial charge in [-0.3, -0.25) is 14.5 Å². The van der Waals surface area contributed by atoms with E-state index >= 15 is 0 Å². The first-order chi connectivity index (χ1) is 21.2. The number of rotatable bonds is 6.